The lowest BCUT2D eigenvalue weighted by molar-refractivity contribution is 0.0601. The first-order chi connectivity index (χ1) is 13.6. The van der Waals surface area contributed by atoms with Crippen LogP contribution in [0.4, 0.5) is 5.69 Å². The molecule has 1 aromatic heterocycles. The number of carbonyl (C=O) groups excluding carboxylic acids is 3. The van der Waals surface area contributed by atoms with Gasteiger partial charge in [0.15, 0.2) is 11.9 Å². The summed E-state index contributed by atoms with van der Waals surface area (Å²) >= 11 is 0. The molecular formula is C21H18N2O5. The number of hydrogen-bond acceptors (Lipinski definition) is 6. The van der Waals surface area contributed by atoms with Gasteiger partial charge in [0.25, 0.3) is 5.91 Å². The smallest absolute Gasteiger partial charge is 0.339 e. The molecule has 1 amide bonds. The molecule has 28 heavy (non-hydrogen) atoms. The largest absolute Gasteiger partial charge is 0.465 e. The maximum absolute atomic E-state index is 13.0. The van der Waals surface area contributed by atoms with Crippen LogP contribution < -0.4 is 10.6 Å². The van der Waals surface area contributed by atoms with Crippen molar-refractivity contribution in [2.24, 2.45) is 0 Å². The lowest BCUT2D eigenvalue weighted by Gasteiger charge is -2.21. The molecule has 0 saturated carbocycles. The molecule has 7 nitrogen and oxygen atoms in total. The average molecular weight is 378 g/mol. The van der Waals surface area contributed by atoms with E-state index in [-0.39, 0.29) is 17.1 Å². The molecule has 0 aliphatic carbocycles. The molecule has 142 valence electrons. The highest BCUT2D eigenvalue weighted by atomic mass is 16.5. The number of rotatable bonds is 7. The van der Waals surface area contributed by atoms with Gasteiger partial charge in [-0.1, -0.05) is 42.5 Å². The third kappa shape index (κ3) is 4.27. The summed E-state index contributed by atoms with van der Waals surface area (Å²) in [5, 5.41) is 5.53. The third-order valence-corrected chi connectivity index (χ3v) is 3.97. The highest BCUT2D eigenvalue weighted by Crippen LogP contribution is 2.18. The summed E-state index contributed by atoms with van der Waals surface area (Å²) in [4.78, 5) is 37.4. The first kappa shape index (κ1) is 18.9. The van der Waals surface area contributed by atoms with E-state index in [0.29, 0.717) is 11.3 Å². The minimum atomic E-state index is -1.13. The molecule has 1 atom stereocenters. The fourth-order valence-corrected chi connectivity index (χ4v) is 2.60. The Morgan fingerprint density at radius 2 is 1.64 bits per heavy atom. The molecule has 0 fully saturated rings. The van der Waals surface area contributed by atoms with Crippen LogP contribution in [0.1, 0.15) is 31.3 Å². The Morgan fingerprint density at radius 1 is 0.929 bits per heavy atom. The van der Waals surface area contributed by atoms with Gasteiger partial charge in [-0.3, -0.25) is 9.59 Å². The Kier molecular flexibility index (Phi) is 5.86. The Bertz CT molecular complexity index is 967. The van der Waals surface area contributed by atoms with Crippen molar-refractivity contribution in [1.82, 2.24) is 5.32 Å². The van der Waals surface area contributed by atoms with Gasteiger partial charge in [0, 0.05) is 5.56 Å². The van der Waals surface area contributed by atoms with E-state index in [4.69, 9.17) is 9.15 Å². The monoisotopic (exact) mass is 378 g/mol. The number of esters is 1. The summed E-state index contributed by atoms with van der Waals surface area (Å²) in [5.74, 6) is -1.44. The summed E-state index contributed by atoms with van der Waals surface area (Å²) in [6.07, 6.45) is 0.230. The standard InChI is InChI=1S/C21H18N2O5/c1-27-21(26)15-10-5-6-11-16(15)22-19(18(24)14-8-3-2-4-9-14)23-20(25)17-12-7-13-28-17/h2-13,19,22H,1H3,(H,23,25)/t19-/m0/s1. The molecule has 0 bridgehead atoms. The molecule has 2 aromatic carbocycles. The van der Waals surface area contributed by atoms with Crippen LogP contribution in [0.3, 0.4) is 0 Å². The van der Waals surface area contributed by atoms with Crippen LogP contribution in [-0.4, -0.2) is 30.9 Å². The second-order valence-electron chi connectivity index (χ2n) is 5.80. The van der Waals surface area contributed by atoms with Crippen molar-refractivity contribution in [1.29, 1.82) is 0 Å². The molecule has 7 heteroatoms. The van der Waals surface area contributed by atoms with Gasteiger partial charge in [0.1, 0.15) is 0 Å². The topological polar surface area (TPSA) is 97.6 Å². The molecule has 0 radical (unpaired) electrons. The molecule has 0 unspecified atom stereocenters. The molecular weight excluding hydrogens is 360 g/mol. The van der Waals surface area contributed by atoms with Crippen LogP contribution in [0.2, 0.25) is 0 Å². The summed E-state index contributed by atoms with van der Waals surface area (Å²) in [6, 6.07) is 18.1. The van der Waals surface area contributed by atoms with E-state index >= 15 is 0 Å². The van der Waals surface area contributed by atoms with Crippen molar-refractivity contribution >= 4 is 23.3 Å². The fraction of sp³-hybridized carbons (Fsp3) is 0.0952. The van der Waals surface area contributed by atoms with E-state index in [9.17, 15) is 14.4 Å². The molecule has 3 aromatic rings. The number of nitrogens with one attached hydrogen (secondary N) is 2. The van der Waals surface area contributed by atoms with Gasteiger partial charge < -0.3 is 19.8 Å². The number of amides is 1. The van der Waals surface area contributed by atoms with Crippen molar-refractivity contribution in [3.05, 3.63) is 89.9 Å². The zero-order valence-electron chi connectivity index (χ0n) is 15.0. The fourth-order valence-electron chi connectivity index (χ4n) is 2.60. The zero-order valence-corrected chi connectivity index (χ0v) is 15.0. The SMILES string of the molecule is COC(=O)c1ccccc1N[C@@H](NC(=O)c1ccco1)C(=O)c1ccccc1. The van der Waals surface area contributed by atoms with Crippen LogP contribution in [0.15, 0.2) is 77.4 Å². The molecule has 2 N–H and O–H groups in total. The van der Waals surface area contributed by atoms with Crippen molar-refractivity contribution < 1.29 is 23.5 Å². The quantitative estimate of drug-likeness (QED) is 0.372. The number of para-hydroxylation sites is 1. The molecule has 0 saturated heterocycles. The normalized spacial score (nSPS) is 11.3. The van der Waals surface area contributed by atoms with Gasteiger partial charge in [0.05, 0.1) is 24.6 Å². The summed E-state index contributed by atoms with van der Waals surface area (Å²) in [6.45, 7) is 0. The van der Waals surface area contributed by atoms with Gasteiger partial charge in [-0.15, -0.1) is 0 Å². The second kappa shape index (κ2) is 8.68. The zero-order chi connectivity index (χ0) is 19.9. The van der Waals surface area contributed by atoms with E-state index in [1.807, 2.05) is 0 Å². The Balaban J connectivity index is 1.91. The number of ether oxygens (including phenoxy) is 1. The second-order valence-corrected chi connectivity index (χ2v) is 5.80. The number of furan rings is 1. The number of benzene rings is 2. The van der Waals surface area contributed by atoms with Crippen molar-refractivity contribution in [3.8, 4) is 0 Å². The molecule has 0 aliphatic rings. The Labute approximate surface area is 161 Å². The minimum absolute atomic E-state index is 0.0638. The Morgan fingerprint density at radius 3 is 2.32 bits per heavy atom. The van der Waals surface area contributed by atoms with Crippen LogP contribution in [-0.2, 0) is 4.74 Å². The van der Waals surface area contributed by atoms with E-state index in [1.165, 1.54) is 19.4 Å². The van der Waals surface area contributed by atoms with Crippen molar-refractivity contribution in [3.63, 3.8) is 0 Å². The maximum Gasteiger partial charge on any atom is 0.339 e. The van der Waals surface area contributed by atoms with E-state index in [0.717, 1.165) is 0 Å². The number of Topliss-reactive ketones (excluding diaryl/α,β-unsaturated/α-hetero) is 1. The van der Waals surface area contributed by atoms with E-state index < -0.39 is 18.0 Å². The molecule has 3 rings (SSSR count). The first-order valence-corrected chi connectivity index (χ1v) is 8.47. The molecule has 0 aliphatic heterocycles. The van der Waals surface area contributed by atoms with Gasteiger partial charge in [0.2, 0.25) is 5.78 Å². The van der Waals surface area contributed by atoms with Crippen molar-refractivity contribution in [2.45, 2.75) is 6.17 Å². The first-order valence-electron chi connectivity index (χ1n) is 8.47. The van der Waals surface area contributed by atoms with Crippen LogP contribution >= 0.6 is 0 Å². The summed E-state index contributed by atoms with van der Waals surface area (Å²) in [7, 11) is 1.27. The lowest BCUT2D eigenvalue weighted by atomic mass is 10.1. The summed E-state index contributed by atoms with van der Waals surface area (Å²) in [5.41, 5.74) is 0.988. The van der Waals surface area contributed by atoms with Gasteiger partial charge in [-0.2, -0.15) is 0 Å². The average Bonchev–Trinajstić information content (AvgIpc) is 3.28. The van der Waals surface area contributed by atoms with Crippen LogP contribution in [0.25, 0.3) is 0 Å². The third-order valence-electron chi connectivity index (χ3n) is 3.97. The number of carbonyl (C=O) groups is 3. The number of hydrogen-bond donors (Lipinski definition) is 2. The maximum atomic E-state index is 13.0. The lowest BCUT2D eigenvalue weighted by Crippen LogP contribution is -2.46. The highest BCUT2D eigenvalue weighted by Gasteiger charge is 2.25. The number of methoxy groups -OCH3 is 1. The van der Waals surface area contributed by atoms with E-state index in [2.05, 4.69) is 10.6 Å². The van der Waals surface area contributed by atoms with Crippen LogP contribution in [0, 0.1) is 0 Å². The number of ketones is 1. The van der Waals surface area contributed by atoms with Gasteiger partial charge in [-0.05, 0) is 24.3 Å². The number of anilines is 1. The predicted molar refractivity (Wildman–Crippen MR) is 102 cm³/mol. The Hall–Kier alpha value is -3.87. The summed E-state index contributed by atoms with van der Waals surface area (Å²) < 4.78 is 9.86. The van der Waals surface area contributed by atoms with E-state index in [1.54, 1.807) is 60.7 Å². The highest BCUT2D eigenvalue weighted by molar-refractivity contribution is 6.05. The van der Waals surface area contributed by atoms with Crippen LogP contribution in [0.5, 0.6) is 0 Å². The van der Waals surface area contributed by atoms with Gasteiger partial charge >= 0.3 is 5.97 Å². The van der Waals surface area contributed by atoms with Crippen molar-refractivity contribution in [2.75, 3.05) is 12.4 Å². The van der Waals surface area contributed by atoms with Gasteiger partial charge in [-0.25, -0.2) is 4.79 Å². The molecule has 1 heterocycles. The molecule has 0 spiro atoms. The predicted octanol–water partition coefficient (Wildman–Crippen LogP) is 3.12. The minimum Gasteiger partial charge on any atom is -0.465 e.